The fraction of sp³-hybridized carbons (Fsp3) is 0.348. The summed E-state index contributed by atoms with van der Waals surface area (Å²) in [6.07, 6.45) is 2.84. The Balaban J connectivity index is 1.62. The van der Waals surface area contributed by atoms with E-state index in [0.717, 1.165) is 40.5 Å². The van der Waals surface area contributed by atoms with Gasteiger partial charge in [0.15, 0.2) is 11.5 Å². The molecule has 0 spiro atoms. The summed E-state index contributed by atoms with van der Waals surface area (Å²) in [4.78, 5) is 2.07. The van der Waals surface area contributed by atoms with E-state index in [1.54, 1.807) is 0 Å². The smallest absolute Gasteiger partial charge is 0.160 e. The topological polar surface area (TPSA) is 60.5 Å². The van der Waals surface area contributed by atoms with Crippen LogP contribution in [0.5, 0.6) is 5.75 Å². The van der Waals surface area contributed by atoms with Gasteiger partial charge in [0.2, 0.25) is 0 Å². The van der Waals surface area contributed by atoms with Gasteiger partial charge in [0.1, 0.15) is 5.75 Å². The standard InChI is InChI=1S/C23H27ClN6O/c1-15-19(16(2)29(5)27-15)10-11-31-21-12-18(24)7-8-20(21)17-6-9-22-25-26-23(14-28(3)4)30(22)13-17/h6-9,12-13H,10-11,14H2,1-5H3. The molecule has 8 heteroatoms. The van der Waals surface area contributed by atoms with Gasteiger partial charge in [0.05, 0.1) is 18.8 Å². The Labute approximate surface area is 187 Å². The monoisotopic (exact) mass is 438 g/mol. The molecule has 1 aromatic carbocycles. The van der Waals surface area contributed by atoms with Gasteiger partial charge in [0, 0.05) is 41.5 Å². The quantitative estimate of drug-likeness (QED) is 0.435. The van der Waals surface area contributed by atoms with E-state index < -0.39 is 0 Å². The van der Waals surface area contributed by atoms with Crippen LogP contribution in [0.25, 0.3) is 16.8 Å². The second kappa shape index (κ2) is 8.69. The van der Waals surface area contributed by atoms with Gasteiger partial charge in [-0.3, -0.25) is 9.08 Å². The van der Waals surface area contributed by atoms with Crippen molar-refractivity contribution in [2.75, 3.05) is 20.7 Å². The fourth-order valence-electron chi connectivity index (χ4n) is 3.78. The first-order valence-electron chi connectivity index (χ1n) is 10.2. The first kappa shape index (κ1) is 21.3. The number of fused-ring (bicyclic) bond motifs is 1. The lowest BCUT2D eigenvalue weighted by Gasteiger charge is -2.13. The third-order valence-corrected chi connectivity index (χ3v) is 5.69. The van der Waals surface area contributed by atoms with Crippen molar-refractivity contribution in [1.82, 2.24) is 29.3 Å². The molecule has 4 aromatic rings. The van der Waals surface area contributed by atoms with E-state index in [9.17, 15) is 0 Å². The van der Waals surface area contributed by atoms with E-state index in [4.69, 9.17) is 16.3 Å². The summed E-state index contributed by atoms with van der Waals surface area (Å²) in [6, 6.07) is 9.76. The van der Waals surface area contributed by atoms with Crippen molar-refractivity contribution < 1.29 is 4.74 Å². The number of pyridine rings is 1. The van der Waals surface area contributed by atoms with Gasteiger partial charge < -0.3 is 9.64 Å². The molecule has 0 radical (unpaired) electrons. The Morgan fingerprint density at radius 2 is 1.90 bits per heavy atom. The number of hydrogen-bond donors (Lipinski definition) is 0. The van der Waals surface area contributed by atoms with Crippen LogP contribution in [0.1, 0.15) is 22.8 Å². The van der Waals surface area contributed by atoms with E-state index in [0.29, 0.717) is 18.2 Å². The Morgan fingerprint density at radius 3 is 2.61 bits per heavy atom. The Hall–Kier alpha value is -2.90. The van der Waals surface area contributed by atoms with E-state index in [-0.39, 0.29) is 0 Å². The molecule has 3 heterocycles. The minimum absolute atomic E-state index is 0.543. The van der Waals surface area contributed by atoms with Crippen LogP contribution in [-0.4, -0.2) is 50.0 Å². The molecule has 0 aliphatic carbocycles. The average molecular weight is 439 g/mol. The zero-order valence-corrected chi connectivity index (χ0v) is 19.3. The molecule has 4 rings (SSSR count). The molecule has 0 aliphatic rings. The second-order valence-corrected chi connectivity index (χ2v) is 8.45. The highest BCUT2D eigenvalue weighted by molar-refractivity contribution is 6.30. The van der Waals surface area contributed by atoms with Crippen molar-refractivity contribution in [3.8, 4) is 16.9 Å². The number of rotatable bonds is 7. The Morgan fingerprint density at radius 1 is 1.10 bits per heavy atom. The SMILES string of the molecule is Cc1nn(C)c(C)c1CCOc1cc(Cl)ccc1-c1ccc2nnc(CN(C)C)n2c1. The van der Waals surface area contributed by atoms with Crippen molar-refractivity contribution in [3.05, 3.63) is 64.3 Å². The molecule has 0 saturated carbocycles. The predicted molar refractivity (Wildman–Crippen MR) is 123 cm³/mol. The van der Waals surface area contributed by atoms with Gasteiger partial charge in [-0.1, -0.05) is 11.6 Å². The number of halogens is 1. The molecular formula is C23H27ClN6O. The maximum atomic E-state index is 6.29. The van der Waals surface area contributed by atoms with Gasteiger partial charge in [-0.15, -0.1) is 10.2 Å². The first-order valence-corrected chi connectivity index (χ1v) is 10.6. The van der Waals surface area contributed by atoms with Crippen molar-refractivity contribution >= 4 is 17.2 Å². The average Bonchev–Trinajstić information content (AvgIpc) is 3.22. The molecule has 3 aromatic heterocycles. The van der Waals surface area contributed by atoms with E-state index in [1.807, 2.05) is 67.5 Å². The largest absolute Gasteiger partial charge is 0.493 e. The van der Waals surface area contributed by atoms with Gasteiger partial charge in [0.25, 0.3) is 0 Å². The highest BCUT2D eigenvalue weighted by atomic mass is 35.5. The lowest BCUT2D eigenvalue weighted by molar-refractivity contribution is 0.322. The van der Waals surface area contributed by atoms with Crippen LogP contribution in [-0.2, 0) is 20.0 Å². The molecule has 0 atom stereocenters. The molecule has 0 fully saturated rings. The van der Waals surface area contributed by atoms with Crippen LogP contribution < -0.4 is 4.74 Å². The molecule has 0 amide bonds. The van der Waals surface area contributed by atoms with E-state index in [1.165, 1.54) is 11.3 Å². The minimum Gasteiger partial charge on any atom is -0.493 e. The zero-order chi connectivity index (χ0) is 22.1. The first-order chi connectivity index (χ1) is 14.8. The third kappa shape index (κ3) is 4.43. The molecule has 0 saturated heterocycles. The zero-order valence-electron chi connectivity index (χ0n) is 18.6. The van der Waals surface area contributed by atoms with Crippen LogP contribution in [0, 0.1) is 13.8 Å². The summed E-state index contributed by atoms with van der Waals surface area (Å²) in [6.45, 7) is 5.37. The number of nitrogens with zero attached hydrogens (tertiary/aromatic N) is 6. The van der Waals surface area contributed by atoms with Crippen molar-refractivity contribution in [2.45, 2.75) is 26.8 Å². The normalized spacial score (nSPS) is 11.6. The molecule has 162 valence electrons. The summed E-state index contributed by atoms with van der Waals surface area (Å²) in [5, 5.41) is 13.7. The second-order valence-electron chi connectivity index (χ2n) is 8.01. The Bertz CT molecular complexity index is 1230. The molecule has 0 N–H and O–H groups in total. The summed E-state index contributed by atoms with van der Waals surface area (Å²) in [5.74, 6) is 1.65. The summed E-state index contributed by atoms with van der Waals surface area (Å²) in [5.41, 5.74) is 6.26. The third-order valence-electron chi connectivity index (χ3n) is 5.45. The van der Waals surface area contributed by atoms with Gasteiger partial charge in [-0.25, -0.2) is 0 Å². The fourth-order valence-corrected chi connectivity index (χ4v) is 3.95. The van der Waals surface area contributed by atoms with Gasteiger partial charge in [-0.05, 0) is 63.8 Å². The number of aryl methyl sites for hydroxylation is 2. The number of benzene rings is 1. The van der Waals surface area contributed by atoms with Gasteiger partial charge in [-0.2, -0.15) is 5.10 Å². The van der Waals surface area contributed by atoms with Crippen molar-refractivity contribution in [1.29, 1.82) is 0 Å². The number of ether oxygens (including phenoxy) is 1. The molecular weight excluding hydrogens is 412 g/mol. The maximum absolute atomic E-state index is 6.29. The van der Waals surface area contributed by atoms with E-state index in [2.05, 4.69) is 33.3 Å². The van der Waals surface area contributed by atoms with Crippen LogP contribution in [0.15, 0.2) is 36.5 Å². The van der Waals surface area contributed by atoms with Crippen LogP contribution in [0.4, 0.5) is 0 Å². The lowest BCUT2D eigenvalue weighted by atomic mass is 10.1. The maximum Gasteiger partial charge on any atom is 0.160 e. The molecule has 0 unspecified atom stereocenters. The van der Waals surface area contributed by atoms with Crippen LogP contribution >= 0.6 is 11.6 Å². The summed E-state index contributed by atoms with van der Waals surface area (Å²) >= 11 is 6.29. The molecule has 31 heavy (non-hydrogen) atoms. The highest BCUT2D eigenvalue weighted by Gasteiger charge is 2.13. The summed E-state index contributed by atoms with van der Waals surface area (Å²) < 4.78 is 10.1. The molecule has 7 nitrogen and oxygen atoms in total. The molecule has 0 bridgehead atoms. The van der Waals surface area contributed by atoms with E-state index >= 15 is 0 Å². The predicted octanol–water partition coefficient (Wildman–Crippen LogP) is 4.08. The van der Waals surface area contributed by atoms with Crippen molar-refractivity contribution in [2.24, 2.45) is 7.05 Å². The number of aromatic nitrogens is 5. The van der Waals surface area contributed by atoms with Gasteiger partial charge >= 0.3 is 0 Å². The molecule has 0 aliphatic heterocycles. The van der Waals surface area contributed by atoms with Crippen molar-refractivity contribution in [3.63, 3.8) is 0 Å². The lowest BCUT2D eigenvalue weighted by Crippen LogP contribution is -2.13. The highest BCUT2D eigenvalue weighted by Crippen LogP contribution is 2.33. The minimum atomic E-state index is 0.543. The Kier molecular flexibility index (Phi) is 5.98. The summed E-state index contributed by atoms with van der Waals surface area (Å²) in [7, 11) is 6.00. The van der Waals surface area contributed by atoms with Crippen LogP contribution in [0.2, 0.25) is 5.02 Å². The van der Waals surface area contributed by atoms with Crippen LogP contribution in [0.3, 0.4) is 0 Å². The number of hydrogen-bond acceptors (Lipinski definition) is 5.